The first-order valence-corrected chi connectivity index (χ1v) is 4.87. The summed E-state index contributed by atoms with van der Waals surface area (Å²) in [6.45, 7) is 0. The molecule has 3 N–H and O–H groups in total. The van der Waals surface area contributed by atoms with Gasteiger partial charge in [-0.1, -0.05) is 6.07 Å². The minimum absolute atomic E-state index is 0.127. The number of rotatable bonds is 5. The van der Waals surface area contributed by atoms with Gasteiger partial charge in [-0.15, -0.1) is 0 Å². The fraction of sp³-hybridized carbons (Fsp3) is 0.364. The molecule has 4 nitrogen and oxygen atoms in total. The van der Waals surface area contributed by atoms with Crippen molar-refractivity contribution in [3.8, 4) is 5.75 Å². The highest BCUT2D eigenvalue weighted by molar-refractivity contribution is 5.74. The quantitative estimate of drug-likeness (QED) is 0.786. The maximum atomic E-state index is 13.4. The number of primary amides is 1. The summed E-state index contributed by atoms with van der Waals surface area (Å²) in [5.74, 6) is -0.710. The van der Waals surface area contributed by atoms with Gasteiger partial charge in [0.15, 0.2) is 11.6 Å². The van der Waals surface area contributed by atoms with Gasteiger partial charge in [0.1, 0.15) is 0 Å². The molecule has 0 spiro atoms. The highest BCUT2D eigenvalue weighted by Crippen LogP contribution is 2.23. The van der Waals surface area contributed by atoms with Crippen LogP contribution in [0.2, 0.25) is 0 Å². The van der Waals surface area contributed by atoms with E-state index < -0.39 is 11.7 Å². The molecule has 0 aromatic heterocycles. The summed E-state index contributed by atoms with van der Waals surface area (Å²) in [7, 11) is 3.09. The summed E-state index contributed by atoms with van der Waals surface area (Å²) in [5.41, 5.74) is 5.77. The lowest BCUT2D eigenvalue weighted by Gasteiger charge is -2.15. The molecule has 0 aliphatic rings. The van der Waals surface area contributed by atoms with E-state index in [2.05, 4.69) is 5.32 Å². The fourth-order valence-electron chi connectivity index (χ4n) is 1.49. The molecule has 0 aliphatic heterocycles. The van der Waals surface area contributed by atoms with Crippen LogP contribution >= 0.6 is 0 Å². The van der Waals surface area contributed by atoms with Gasteiger partial charge in [0.25, 0.3) is 0 Å². The van der Waals surface area contributed by atoms with Gasteiger partial charge < -0.3 is 15.8 Å². The van der Waals surface area contributed by atoms with Gasteiger partial charge in [-0.05, 0) is 24.7 Å². The number of methoxy groups -OCH3 is 1. The van der Waals surface area contributed by atoms with E-state index in [1.54, 1.807) is 13.1 Å². The average molecular weight is 226 g/mol. The lowest BCUT2D eigenvalue weighted by molar-refractivity contribution is -0.118. The first kappa shape index (κ1) is 12.4. The number of ether oxygens (including phenoxy) is 1. The topological polar surface area (TPSA) is 64.3 Å². The van der Waals surface area contributed by atoms with Crippen molar-refractivity contribution in [2.24, 2.45) is 5.73 Å². The summed E-state index contributed by atoms with van der Waals surface area (Å²) < 4.78 is 18.2. The van der Waals surface area contributed by atoms with E-state index >= 15 is 0 Å². The van der Waals surface area contributed by atoms with Crippen molar-refractivity contribution in [3.63, 3.8) is 0 Å². The number of benzene rings is 1. The molecule has 0 fully saturated rings. The second-order valence-corrected chi connectivity index (χ2v) is 3.41. The van der Waals surface area contributed by atoms with Crippen molar-refractivity contribution in [2.45, 2.75) is 12.5 Å². The Labute approximate surface area is 93.6 Å². The Morgan fingerprint density at radius 3 is 2.75 bits per heavy atom. The van der Waals surface area contributed by atoms with E-state index in [0.717, 1.165) is 0 Å². The van der Waals surface area contributed by atoms with E-state index in [4.69, 9.17) is 10.5 Å². The third kappa shape index (κ3) is 2.93. The lowest BCUT2D eigenvalue weighted by atomic mass is 10.0. The molecular weight excluding hydrogens is 211 g/mol. The zero-order valence-corrected chi connectivity index (χ0v) is 9.29. The Balaban J connectivity index is 2.93. The molecule has 1 aromatic carbocycles. The van der Waals surface area contributed by atoms with Gasteiger partial charge in [0.05, 0.1) is 7.11 Å². The van der Waals surface area contributed by atoms with Crippen LogP contribution in [0.3, 0.4) is 0 Å². The van der Waals surface area contributed by atoms with Crippen LogP contribution in [0.5, 0.6) is 5.75 Å². The second-order valence-electron chi connectivity index (χ2n) is 3.41. The molecule has 0 saturated carbocycles. The number of hydrogen-bond donors (Lipinski definition) is 2. The average Bonchev–Trinajstić information content (AvgIpc) is 2.25. The number of hydrogen-bond acceptors (Lipinski definition) is 3. The molecule has 1 unspecified atom stereocenters. The number of nitrogens with two attached hydrogens (primary N) is 1. The van der Waals surface area contributed by atoms with Gasteiger partial charge in [0, 0.05) is 12.5 Å². The normalized spacial score (nSPS) is 12.2. The van der Waals surface area contributed by atoms with Crippen molar-refractivity contribution in [2.75, 3.05) is 14.2 Å². The SMILES string of the molecule is CNC(CC(N)=O)c1ccc(OC)c(F)c1. The summed E-state index contributed by atoms with van der Waals surface area (Å²) in [5, 5.41) is 2.91. The van der Waals surface area contributed by atoms with Crippen molar-refractivity contribution >= 4 is 5.91 Å². The van der Waals surface area contributed by atoms with Crippen molar-refractivity contribution in [1.82, 2.24) is 5.32 Å². The molecule has 16 heavy (non-hydrogen) atoms. The van der Waals surface area contributed by atoms with E-state index in [1.807, 2.05) is 0 Å². The van der Waals surface area contributed by atoms with Crippen LogP contribution in [-0.4, -0.2) is 20.1 Å². The van der Waals surface area contributed by atoms with Crippen LogP contribution in [0.25, 0.3) is 0 Å². The minimum atomic E-state index is -0.454. The van der Waals surface area contributed by atoms with Crippen LogP contribution < -0.4 is 15.8 Å². The van der Waals surface area contributed by atoms with Crippen LogP contribution in [0.4, 0.5) is 4.39 Å². The molecule has 88 valence electrons. The Bertz CT molecular complexity index is 382. The van der Waals surface area contributed by atoms with E-state index in [9.17, 15) is 9.18 Å². The second kappa shape index (κ2) is 5.46. The molecule has 1 aromatic rings. The Kier molecular flexibility index (Phi) is 4.25. The van der Waals surface area contributed by atoms with Crippen LogP contribution in [0.15, 0.2) is 18.2 Å². The summed E-state index contributed by atoms with van der Waals surface area (Å²) in [6, 6.07) is 4.28. The molecule has 1 atom stereocenters. The molecule has 0 bridgehead atoms. The van der Waals surface area contributed by atoms with E-state index in [-0.39, 0.29) is 18.2 Å². The standard InChI is InChI=1S/C11H15FN2O2/c1-14-9(6-11(13)15)7-3-4-10(16-2)8(12)5-7/h3-5,9,14H,6H2,1-2H3,(H2,13,15). The van der Waals surface area contributed by atoms with Crippen LogP contribution in [-0.2, 0) is 4.79 Å². The monoisotopic (exact) mass is 226 g/mol. The number of halogens is 1. The van der Waals surface area contributed by atoms with Gasteiger partial charge >= 0.3 is 0 Å². The smallest absolute Gasteiger partial charge is 0.219 e. The zero-order valence-electron chi connectivity index (χ0n) is 9.29. The molecule has 0 heterocycles. The van der Waals surface area contributed by atoms with Crippen LogP contribution in [0, 0.1) is 5.82 Å². The fourth-order valence-corrected chi connectivity index (χ4v) is 1.49. The van der Waals surface area contributed by atoms with Crippen LogP contribution in [0.1, 0.15) is 18.0 Å². The largest absolute Gasteiger partial charge is 0.494 e. The van der Waals surface area contributed by atoms with Crippen molar-refractivity contribution in [3.05, 3.63) is 29.6 Å². The first-order chi connectivity index (χ1) is 7.58. The minimum Gasteiger partial charge on any atom is -0.494 e. The van der Waals surface area contributed by atoms with E-state index in [0.29, 0.717) is 5.56 Å². The number of carbonyl (C=O) groups excluding carboxylic acids is 1. The van der Waals surface area contributed by atoms with Gasteiger partial charge in [-0.3, -0.25) is 4.79 Å². The predicted octanol–water partition coefficient (Wildman–Crippen LogP) is 0.970. The number of carbonyl (C=O) groups is 1. The molecule has 0 aliphatic carbocycles. The maximum absolute atomic E-state index is 13.4. The van der Waals surface area contributed by atoms with Crippen molar-refractivity contribution in [1.29, 1.82) is 0 Å². The Morgan fingerprint density at radius 2 is 2.31 bits per heavy atom. The lowest BCUT2D eigenvalue weighted by Crippen LogP contribution is -2.23. The first-order valence-electron chi connectivity index (χ1n) is 4.87. The summed E-state index contributed by atoms with van der Waals surface area (Å²) in [6.07, 6.45) is 0.127. The third-order valence-electron chi connectivity index (χ3n) is 2.33. The highest BCUT2D eigenvalue weighted by Gasteiger charge is 2.14. The Hall–Kier alpha value is -1.62. The molecule has 1 amide bonds. The molecule has 1 rings (SSSR count). The molecular formula is C11H15FN2O2. The van der Waals surface area contributed by atoms with Gasteiger partial charge in [-0.25, -0.2) is 4.39 Å². The Morgan fingerprint density at radius 1 is 1.62 bits per heavy atom. The molecule has 0 radical (unpaired) electrons. The predicted molar refractivity (Wildman–Crippen MR) is 58.6 cm³/mol. The van der Waals surface area contributed by atoms with E-state index in [1.165, 1.54) is 19.2 Å². The molecule has 5 heteroatoms. The highest BCUT2D eigenvalue weighted by atomic mass is 19.1. The summed E-state index contributed by atoms with van der Waals surface area (Å²) in [4.78, 5) is 10.8. The zero-order chi connectivity index (χ0) is 12.1. The number of nitrogens with one attached hydrogen (secondary N) is 1. The molecule has 0 saturated heterocycles. The van der Waals surface area contributed by atoms with Gasteiger partial charge in [0.2, 0.25) is 5.91 Å². The third-order valence-corrected chi connectivity index (χ3v) is 2.33. The summed E-state index contributed by atoms with van der Waals surface area (Å²) >= 11 is 0. The maximum Gasteiger partial charge on any atom is 0.219 e. The van der Waals surface area contributed by atoms with Crippen molar-refractivity contribution < 1.29 is 13.9 Å². The van der Waals surface area contributed by atoms with Gasteiger partial charge in [-0.2, -0.15) is 0 Å². The number of amides is 1.